The molecule has 0 radical (unpaired) electrons. The number of Topliss-reactive ketones (excluding diaryl/α,β-unsaturated/α-hetero) is 1. The molecule has 0 aromatic heterocycles. The molecule has 62 heavy (non-hydrogen) atoms. The summed E-state index contributed by atoms with van der Waals surface area (Å²) in [4.78, 5) is 15.2. The van der Waals surface area contributed by atoms with Gasteiger partial charge >= 0.3 is 0 Å². The Kier molecular flexibility index (Phi) is 9.35. The lowest BCUT2D eigenvalue weighted by atomic mass is 9.26. The number of nitrogens with one attached hydrogen (secondary N) is 1. The first-order valence-corrected chi connectivity index (χ1v) is 23.4. The highest BCUT2D eigenvalue weighted by Gasteiger charge is 2.80. The van der Waals surface area contributed by atoms with E-state index in [1.54, 1.807) is 6.07 Å². The molecule has 1 saturated heterocycles. The van der Waals surface area contributed by atoms with Crippen molar-refractivity contribution in [3.63, 3.8) is 0 Å². The van der Waals surface area contributed by atoms with Gasteiger partial charge in [-0.15, -0.1) is 0 Å². The van der Waals surface area contributed by atoms with E-state index >= 15 is 4.79 Å². The standard InChI is InChI=1S/C53H61NO8/c1-62-46-24-39(34(29-56)20-45(46)60)38-22-37(57)27-51(61)15-17-52-16-14-50-30-49(13-5-9-35(49)21-36(50)10-6-18-55)41-26-47(50)53(52,42-25-44(59)43(58)23-40(41)42)48(51)33(28-54-52)12-11-32(38)19-31-7-3-2-4-8-31/h2-4,7-8,20-21,23-25,32-33,35,38,41,47-48,54-56,58-61H,5-6,9-10,13-19,22,26-30H2,1H3/t32-,33-,35+,38+,41+,47+,48-,49+,50-,51-,52+,53+/m0/s1. The van der Waals surface area contributed by atoms with Gasteiger partial charge in [0.1, 0.15) is 5.78 Å². The fourth-order valence-corrected chi connectivity index (χ4v) is 16.6. The highest BCUT2D eigenvalue weighted by atomic mass is 16.5. The average Bonchev–Trinajstić information content (AvgIpc) is 3.67. The summed E-state index contributed by atoms with van der Waals surface area (Å²) in [6.45, 7) is 0.345. The van der Waals surface area contributed by atoms with Crippen LogP contribution in [0.2, 0.25) is 0 Å². The number of phenols is 3. The van der Waals surface area contributed by atoms with E-state index in [4.69, 9.17) is 4.74 Å². The second-order valence-electron chi connectivity index (χ2n) is 20.9. The first-order chi connectivity index (χ1) is 30.0. The molecule has 7 aliphatic carbocycles. The van der Waals surface area contributed by atoms with Crippen molar-refractivity contribution in [2.75, 3.05) is 20.3 Å². The molecule has 6 bridgehead atoms. The molecule has 9 heteroatoms. The SMILES string of the molecule is COc1cc([C@@H]2CC(=O)C[C@@]3(O)CC[C@]45CC[C@]67C[C@@]8(CCC[C@@H]8C=C6CCCO)[C@@H]6C[C@H]7[C@]4(c4cc(O)c(O)cc46)[C@H]3[C@@H](C#C[C@H]2Cc2ccccc2)CN5)c(CO)cc1O. The molecule has 0 unspecified atom stereocenters. The fourth-order valence-electron chi connectivity index (χ4n) is 16.6. The maximum absolute atomic E-state index is 15.2. The molecule has 8 aliphatic rings. The van der Waals surface area contributed by atoms with Gasteiger partial charge in [-0.05, 0) is 151 Å². The van der Waals surface area contributed by atoms with E-state index < -0.39 is 28.4 Å². The number of piperidine rings is 1. The third-order valence-electron chi connectivity index (χ3n) is 18.6. The van der Waals surface area contributed by atoms with Crippen molar-refractivity contribution in [1.82, 2.24) is 5.32 Å². The number of aliphatic hydroxyl groups excluding tert-OH is 2. The van der Waals surface area contributed by atoms with Crippen molar-refractivity contribution in [1.29, 1.82) is 0 Å². The minimum atomic E-state index is -1.42. The van der Waals surface area contributed by atoms with E-state index in [0.29, 0.717) is 49.3 Å². The van der Waals surface area contributed by atoms with E-state index in [1.165, 1.54) is 18.7 Å². The Morgan fingerprint density at radius 2 is 1.73 bits per heavy atom. The van der Waals surface area contributed by atoms with Gasteiger partial charge < -0.3 is 40.7 Å². The molecule has 1 aliphatic heterocycles. The molecule has 5 fully saturated rings. The fraction of sp³-hybridized carbons (Fsp3) is 0.566. The smallest absolute Gasteiger partial charge is 0.160 e. The Morgan fingerprint density at radius 3 is 2.52 bits per heavy atom. The molecule has 4 saturated carbocycles. The predicted molar refractivity (Wildman–Crippen MR) is 234 cm³/mol. The van der Waals surface area contributed by atoms with Crippen LogP contribution < -0.4 is 10.1 Å². The van der Waals surface area contributed by atoms with Crippen molar-refractivity contribution in [3.05, 3.63) is 94.1 Å². The molecule has 3 aromatic carbocycles. The maximum Gasteiger partial charge on any atom is 0.160 e. The summed E-state index contributed by atoms with van der Waals surface area (Å²) >= 11 is 0. The van der Waals surface area contributed by atoms with Gasteiger partial charge in [0, 0.05) is 60.6 Å². The van der Waals surface area contributed by atoms with Gasteiger partial charge in [0.2, 0.25) is 0 Å². The summed E-state index contributed by atoms with van der Waals surface area (Å²) < 4.78 is 5.58. The minimum Gasteiger partial charge on any atom is -0.504 e. The maximum atomic E-state index is 15.2. The first-order valence-electron chi connectivity index (χ1n) is 23.4. The number of hydrogen-bond acceptors (Lipinski definition) is 9. The van der Waals surface area contributed by atoms with Crippen molar-refractivity contribution in [3.8, 4) is 34.8 Å². The Bertz CT molecular complexity index is 2420. The second kappa shape index (κ2) is 14.3. The zero-order chi connectivity index (χ0) is 42.8. The number of ketones is 1. The van der Waals surface area contributed by atoms with Crippen LogP contribution in [0.15, 0.2) is 66.2 Å². The number of benzene rings is 3. The average molecular weight is 840 g/mol. The van der Waals surface area contributed by atoms with E-state index in [9.17, 15) is 30.6 Å². The van der Waals surface area contributed by atoms with Crippen LogP contribution >= 0.6 is 0 Å². The lowest BCUT2D eigenvalue weighted by Crippen LogP contribution is -2.84. The van der Waals surface area contributed by atoms with E-state index in [0.717, 1.165) is 68.1 Å². The molecule has 7 N–H and O–H groups in total. The summed E-state index contributed by atoms with van der Waals surface area (Å²) in [6, 6.07) is 17.2. The van der Waals surface area contributed by atoms with Crippen molar-refractivity contribution >= 4 is 5.78 Å². The molecule has 3 spiro atoms. The van der Waals surface area contributed by atoms with Crippen molar-refractivity contribution < 1.29 is 40.2 Å². The zero-order valence-corrected chi connectivity index (χ0v) is 35.8. The summed E-state index contributed by atoms with van der Waals surface area (Å²) in [5, 5.41) is 72.7. The van der Waals surface area contributed by atoms with Gasteiger partial charge in [-0.2, -0.15) is 0 Å². The topological polar surface area (TPSA) is 160 Å². The normalized spacial score (nSPS) is 39.6. The van der Waals surface area contributed by atoms with E-state index in [2.05, 4.69) is 35.4 Å². The number of carbonyl (C=O) groups excluding carboxylic acids is 1. The summed E-state index contributed by atoms with van der Waals surface area (Å²) in [5.74, 6) is 6.58. The number of aliphatic hydroxyl groups is 3. The van der Waals surface area contributed by atoms with Crippen LogP contribution in [0.1, 0.15) is 123 Å². The van der Waals surface area contributed by atoms with Crippen LogP contribution in [0, 0.1) is 52.3 Å². The van der Waals surface area contributed by atoms with Crippen LogP contribution in [0.25, 0.3) is 0 Å². The van der Waals surface area contributed by atoms with E-state index in [-0.39, 0.29) is 89.3 Å². The van der Waals surface area contributed by atoms with Crippen LogP contribution in [0.5, 0.6) is 23.0 Å². The van der Waals surface area contributed by atoms with Crippen molar-refractivity contribution in [2.45, 2.75) is 125 Å². The molecule has 9 nitrogen and oxygen atoms in total. The first kappa shape index (κ1) is 40.4. The Labute approximate surface area is 364 Å². The minimum absolute atomic E-state index is 0.0387. The number of allylic oxidation sites excluding steroid dienone is 2. The van der Waals surface area contributed by atoms with Crippen LogP contribution in [0.3, 0.4) is 0 Å². The van der Waals surface area contributed by atoms with Gasteiger partial charge in [-0.25, -0.2) is 0 Å². The second-order valence-corrected chi connectivity index (χ2v) is 20.9. The number of hydrogen-bond donors (Lipinski definition) is 7. The molecule has 0 amide bonds. The number of ether oxygens (including phenoxy) is 1. The lowest BCUT2D eigenvalue weighted by Gasteiger charge is -2.79. The molecular weight excluding hydrogens is 779 g/mol. The lowest BCUT2D eigenvalue weighted by molar-refractivity contribution is -0.234. The molecule has 3 aromatic rings. The number of carbonyl (C=O) groups is 1. The number of rotatable bonds is 8. The summed E-state index contributed by atoms with van der Waals surface area (Å²) in [5.41, 5.74) is 3.20. The summed E-state index contributed by atoms with van der Waals surface area (Å²) in [6.07, 6.45) is 13.2. The predicted octanol–water partition coefficient (Wildman–Crippen LogP) is 7.44. The Balaban J connectivity index is 1.15. The van der Waals surface area contributed by atoms with Crippen LogP contribution in [-0.4, -0.2) is 67.8 Å². The molecule has 326 valence electrons. The number of phenolic OH excluding ortho intramolecular Hbond substituents is 3. The van der Waals surface area contributed by atoms with Gasteiger partial charge in [-0.1, -0.05) is 60.2 Å². The van der Waals surface area contributed by atoms with Crippen LogP contribution in [0.4, 0.5) is 0 Å². The Hall–Kier alpha value is -4.33. The highest BCUT2D eigenvalue weighted by molar-refractivity contribution is 5.81. The zero-order valence-electron chi connectivity index (χ0n) is 35.8. The van der Waals surface area contributed by atoms with Gasteiger partial charge in [0.05, 0.1) is 19.3 Å². The monoisotopic (exact) mass is 839 g/mol. The molecule has 11 rings (SSSR count). The summed E-state index contributed by atoms with van der Waals surface area (Å²) in [7, 11) is 1.49. The number of methoxy groups -OCH3 is 1. The van der Waals surface area contributed by atoms with Gasteiger partial charge in [0.25, 0.3) is 0 Å². The quantitative estimate of drug-likeness (QED) is 0.0696. The van der Waals surface area contributed by atoms with Gasteiger partial charge in [-0.3, -0.25) is 4.79 Å². The third kappa shape index (κ3) is 5.39. The molecular formula is C53H61NO8. The molecule has 1 heterocycles. The Morgan fingerprint density at radius 1 is 0.919 bits per heavy atom. The molecule has 12 atom stereocenters. The van der Waals surface area contributed by atoms with Crippen LogP contribution in [-0.2, 0) is 23.2 Å². The third-order valence-corrected chi connectivity index (χ3v) is 18.6. The highest BCUT2D eigenvalue weighted by Crippen LogP contribution is 2.82. The van der Waals surface area contributed by atoms with Crippen molar-refractivity contribution in [2.24, 2.45) is 40.4 Å². The number of aromatic hydroxyl groups is 3. The number of fused-ring (bicyclic) bond motifs is 3. The van der Waals surface area contributed by atoms with Gasteiger partial charge in [0.15, 0.2) is 23.0 Å². The van der Waals surface area contributed by atoms with E-state index in [1.807, 2.05) is 30.3 Å². The largest absolute Gasteiger partial charge is 0.504 e.